The topological polar surface area (TPSA) is 46.3 Å². The third-order valence-electron chi connectivity index (χ3n) is 3.94. The summed E-state index contributed by atoms with van der Waals surface area (Å²) in [6.45, 7) is 1.20. The second-order valence-corrected chi connectivity index (χ2v) is 6.24. The zero-order valence-electron chi connectivity index (χ0n) is 11.9. The largest absolute Gasteiger partial charge is 0.335 e. The molecule has 2 aliphatic carbocycles. The van der Waals surface area contributed by atoms with Gasteiger partial charge in [0, 0.05) is 23.7 Å². The summed E-state index contributed by atoms with van der Waals surface area (Å²) in [5.41, 5.74) is 6.74. The maximum absolute atomic E-state index is 12.7. The predicted octanol–water partition coefficient (Wildman–Crippen LogP) is 2.66. The number of nitrogens with two attached hydrogens (primary N) is 1. The number of carbonyl (C=O) groups excluding carboxylic acids is 1. The molecule has 2 N–H and O–H groups in total. The minimum Gasteiger partial charge on any atom is -0.335 e. The molecule has 0 saturated heterocycles. The number of benzene rings is 1. The van der Waals surface area contributed by atoms with E-state index in [-0.39, 0.29) is 5.91 Å². The van der Waals surface area contributed by atoms with Crippen LogP contribution in [-0.4, -0.2) is 29.9 Å². The highest BCUT2D eigenvalue weighted by molar-refractivity contribution is 6.32. The lowest BCUT2D eigenvalue weighted by Gasteiger charge is -2.22. The molecule has 1 amide bonds. The summed E-state index contributed by atoms with van der Waals surface area (Å²) in [6.07, 6.45) is 4.77. The SMILES string of the molecule is NCC#Cc1ccc(C(=O)N(CC2CC2)C2CC2)cc1Cl. The average Bonchev–Trinajstić information content (AvgIpc) is 3.36. The molecule has 21 heavy (non-hydrogen) atoms. The van der Waals surface area contributed by atoms with Crippen LogP contribution in [0.5, 0.6) is 0 Å². The van der Waals surface area contributed by atoms with Crippen molar-refractivity contribution in [1.29, 1.82) is 0 Å². The average molecular weight is 303 g/mol. The molecular formula is C17H19ClN2O. The zero-order valence-corrected chi connectivity index (χ0v) is 12.7. The molecule has 110 valence electrons. The van der Waals surface area contributed by atoms with Gasteiger partial charge in [-0.2, -0.15) is 0 Å². The maximum Gasteiger partial charge on any atom is 0.254 e. The highest BCUT2D eigenvalue weighted by Gasteiger charge is 2.36. The van der Waals surface area contributed by atoms with Crippen molar-refractivity contribution in [1.82, 2.24) is 4.90 Å². The van der Waals surface area contributed by atoms with Gasteiger partial charge in [-0.25, -0.2) is 0 Å². The van der Waals surface area contributed by atoms with Gasteiger partial charge in [0.05, 0.1) is 11.6 Å². The van der Waals surface area contributed by atoms with Crippen LogP contribution in [0.25, 0.3) is 0 Å². The van der Waals surface area contributed by atoms with Crippen molar-refractivity contribution in [3.8, 4) is 11.8 Å². The van der Waals surface area contributed by atoms with E-state index >= 15 is 0 Å². The highest BCUT2D eigenvalue weighted by Crippen LogP contribution is 2.35. The first-order chi connectivity index (χ1) is 10.2. The van der Waals surface area contributed by atoms with E-state index in [0.29, 0.717) is 29.1 Å². The van der Waals surface area contributed by atoms with Gasteiger partial charge in [0.2, 0.25) is 0 Å². The normalized spacial score (nSPS) is 17.0. The number of hydrogen-bond donors (Lipinski definition) is 1. The first-order valence-corrected chi connectivity index (χ1v) is 7.86. The van der Waals surface area contributed by atoms with Crippen molar-refractivity contribution >= 4 is 17.5 Å². The van der Waals surface area contributed by atoms with E-state index in [4.69, 9.17) is 17.3 Å². The molecule has 2 saturated carbocycles. The molecule has 0 bridgehead atoms. The second kappa shape index (κ2) is 6.09. The molecule has 0 atom stereocenters. The van der Waals surface area contributed by atoms with E-state index in [1.54, 1.807) is 12.1 Å². The van der Waals surface area contributed by atoms with Crippen molar-refractivity contribution in [2.24, 2.45) is 11.7 Å². The van der Waals surface area contributed by atoms with E-state index < -0.39 is 0 Å². The third kappa shape index (κ3) is 3.58. The Kier molecular flexibility index (Phi) is 4.19. The molecule has 3 nitrogen and oxygen atoms in total. The minimum atomic E-state index is 0.102. The van der Waals surface area contributed by atoms with Crippen molar-refractivity contribution < 1.29 is 4.79 Å². The fraction of sp³-hybridized carbons (Fsp3) is 0.471. The number of carbonyl (C=O) groups is 1. The monoisotopic (exact) mass is 302 g/mol. The van der Waals surface area contributed by atoms with Crippen molar-refractivity contribution in [2.45, 2.75) is 31.7 Å². The molecule has 0 spiro atoms. The molecule has 1 aromatic rings. The van der Waals surface area contributed by atoms with Crippen LogP contribution < -0.4 is 5.73 Å². The van der Waals surface area contributed by atoms with Gasteiger partial charge in [0.1, 0.15) is 0 Å². The quantitative estimate of drug-likeness (QED) is 0.869. The molecule has 0 aliphatic heterocycles. The van der Waals surface area contributed by atoms with Gasteiger partial charge >= 0.3 is 0 Å². The van der Waals surface area contributed by atoms with Gasteiger partial charge in [-0.15, -0.1) is 0 Å². The molecule has 2 fully saturated rings. The van der Waals surface area contributed by atoms with E-state index in [1.807, 2.05) is 11.0 Å². The molecule has 4 heteroatoms. The molecule has 2 aliphatic rings. The van der Waals surface area contributed by atoms with Crippen LogP contribution >= 0.6 is 11.6 Å². The van der Waals surface area contributed by atoms with E-state index in [1.165, 1.54) is 12.8 Å². The van der Waals surface area contributed by atoms with Crippen LogP contribution in [0.1, 0.15) is 41.6 Å². The van der Waals surface area contributed by atoms with E-state index in [0.717, 1.165) is 24.9 Å². The summed E-state index contributed by atoms with van der Waals surface area (Å²) in [5, 5.41) is 0.518. The molecular weight excluding hydrogens is 284 g/mol. The van der Waals surface area contributed by atoms with Crippen LogP contribution in [-0.2, 0) is 0 Å². The van der Waals surface area contributed by atoms with Crippen LogP contribution in [0.2, 0.25) is 5.02 Å². The van der Waals surface area contributed by atoms with E-state index in [2.05, 4.69) is 11.8 Å². The second-order valence-electron chi connectivity index (χ2n) is 5.83. The standard InChI is InChI=1S/C17H19ClN2O/c18-16-10-14(6-5-13(16)2-1-9-19)17(21)20(15-7-8-15)11-12-3-4-12/h5-6,10,12,15H,3-4,7-9,11,19H2. The fourth-order valence-corrected chi connectivity index (χ4v) is 2.65. The Morgan fingerprint density at radius 1 is 1.33 bits per heavy atom. The Bertz CT molecular complexity index is 609. The minimum absolute atomic E-state index is 0.102. The Labute approximate surface area is 130 Å². The van der Waals surface area contributed by atoms with Crippen LogP contribution in [0.3, 0.4) is 0 Å². The van der Waals surface area contributed by atoms with Crippen LogP contribution in [0, 0.1) is 17.8 Å². The van der Waals surface area contributed by atoms with Gasteiger partial charge in [-0.05, 0) is 49.8 Å². The Hall–Kier alpha value is -1.50. The summed E-state index contributed by atoms with van der Waals surface area (Å²) >= 11 is 6.21. The molecule has 3 rings (SSSR count). The number of nitrogens with zero attached hydrogens (tertiary/aromatic N) is 1. The van der Waals surface area contributed by atoms with Gasteiger partial charge in [-0.3, -0.25) is 4.79 Å². The Morgan fingerprint density at radius 3 is 2.67 bits per heavy atom. The lowest BCUT2D eigenvalue weighted by atomic mass is 10.1. The molecule has 0 heterocycles. The zero-order chi connectivity index (χ0) is 14.8. The Balaban J connectivity index is 1.78. The number of rotatable bonds is 4. The molecule has 0 unspecified atom stereocenters. The van der Waals surface area contributed by atoms with Crippen LogP contribution in [0.4, 0.5) is 0 Å². The van der Waals surface area contributed by atoms with E-state index in [9.17, 15) is 4.79 Å². The van der Waals surface area contributed by atoms with Gasteiger partial charge in [-0.1, -0.05) is 23.4 Å². The summed E-state index contributed by atoms with van der Waals surface area (Å²) < 4.78 is 0. The maximum atomic E-state index is 12.7. The van der Waals surface area contributed by atoms with Crippen molar-refractivity contribution in [3.05, 3.63) is 34.3 Å². The molecule has 0 aromatic heterocycles. The molecule has 0 radical (unpaired) electrons. The highest BCUT2D eigenvalue weighted by atomic mass is 35.5. The van der Waals surface area contributed by atoms with Gasteiger partial charge in [0.15, 0.2) is 0 Å². The van der Waals surface area contributed by atoms with Gasteiger partial charge < -0.3 is 10.6 Å². The third-order valence-corrected chi connectivity index (χ3v) is 4.25. The first-order valence-electron chi connectivity index (χ1n) is 7.48. The first kappa shape index (κ1) is 14.4. The number of halogens is 1. The number of amides is 1. The van der Waals surface area contributed by atoms with Crippen LogP contribution in [0.15, 0.2) is 18.2 Å². The summed E-state index contributed by atoms with van der Waals surface area (Å²) in [6, 6.07) is 5.79. The smallest absolute Gasteiger partial charge is 0.254 e. The summed E-state index contributed by atoms with van der Waals surface area (Å²) in [7, 11) is 0. The summed E-state index contributed by atoms with van der Waals surface area (Å²) in [5.74, 6) is 6.50. The number of hydrogen-bond acceptors (Lipinski definition) is 2. The molecule has 1 aromatic carbocycles. The lowest BCUT2D eigenvalue weighted by Crippen LogP contribution is -2.34. The van der Waals surface area contributed by atoms with Crippen molar-refractivity contribution in [3.63, 3.8) is 0 Å². The van der Waals surface area contributed by atoms with Crippen molar-refractivity contribution in [2.75, 3.05) is 13.1 Å². The lowest BCUT2D eigenvalue weighted by molar-refractivity contribution is 0.0735. The van der Waals surface area contributed by atoms with Gasteiger partial charge in [0.25, 0.3) is 5.91 Å². The Morgan fingerprint density at radius 2 is 2.10 bits per heavy atom. The fourth-order valence-electron chi connectivity index (χ4n) is 2.42. The summed E-state index contributed by atoms with van der Waals surface area (Å²) in [4.78, 5) is 14.7. The predicted molar refractivity (Wildman–Crippen MR) is 84.2 cm³/mol.